The number of carboxylic acid groups (broad SMARTS) is 1. The lowest BCUT2D eigenvalue weighted by molar-refractivity contribution is -0.142. The molecule has 0 amide bonds. The second-order valence-corrected chi connectivity index (χ2v) is 4.28. The molecule has 0 aliphatic heterocycles. The quantitative estimate of drug-likeness (QED) is 0.683. The third-order valence-electron chi connectivity index (χ3n) is 2.33. The summed E-state index contributed by atoms with van der Waals surface area (Å²) < 4.78 is 43.5. The fourth-order valence-corrected chi connectivity index (χ4v) is 1.51. The van der Waals surface area contributed by atoms with Gasteiger partial charge in [0, 0.05) is 26.7 Å². The van der Waals surface area contributed by atoms with Gasteiger partial charge in [0.15, 0.2) is 0 Å². The van der Waals surface area contributed by atoms with E-state index >= 15 is 0 Å². The Labute approximate surface area is 141 Å². The molecular formula is C10H12N4O8S2. The number of hydrogen-bond acceptors (Lipinski definition) is 11. The predicted molar refractivity (Wildman–Crippen MR) is 74.4 cm³/mol. The largest absolute Gasteiger partial charge is 0.481 e. The standard InChI is InChI=1S/C10H12N4O4.2O2S/c1-5-11-13-8(17-5)3-7(10(15)16)4-9-14-12-6(2)18-9;2*1-3-2/h7H,3-4H2,1-2H3,(H,15,16);;. The van der Waals surface area contributed by atoms with E-state index in [2.05, 4.69) is 20.4 Å². The first-order chi connectivity index (χ1) is 11.4. The Morgan fingerprint density at radius 3 is 1.46 bits per heavy atom. The lowest BCUT2D eigenvalue weighted by Crippen LogP contribution is -2.19. The first kappa shape index (κ1) is 21.4. The summed E-state index contributed by atoms with van der Waals surface area (Å²) in [6.07, 6.45) is 0.273. The molecule has 0 bridgehead atoms. The van der Waals surface area contributed by atoms with Gasteiger partial charge in [-0.1, -0.05) is 0 Å². The van der Waals surface area contributed by atoms with Crippen LogP contribution in [0.1, 0.15) is 23.6 Å². The molecule has 0 spiro atoms. The molecule has 0 fully saturated rings. The predicted octanol–water partition coefficient (Wildman–Crippen LogP) is -0.785. The lowest BCUT2D eigenvalue weighted by Gasteiger charge is -2.06. The molecule has 24 heavy (non-hydrogen) atoms. The monoisotopic (exact) mass is 380 g/mol. The van der Waals surface area contributed by atoms with Crippen LogP contribution >= 0.6 is 0 Å². The van der Waals surface area contributed by atoms with Gasteiger partial charge in [-0.25, -0.2) is 0 Å². The van der Waals surface area contributed by atoms with Crippen LogP contribution in [0.15, 0.2) is 8.83 Å². The molecule has 2 aromatic heterocycles. The molecule has 0 radical (unpaired) electrons. The van der Waals surface area contributed by atoms with Crippen molar-refractivity contribution >= 4 is 29.1 Å². The molecule has 0 atom stereocenters. The van der Waals surface area contributed by atoms with Crippen molar-refractivity contribution in [1.82, 2.24) is 20.4 Å². The van der Waals surface area contributed by atoms with Crippen molar-refractivity contribution in [2.24, 2.45) is 5.92 Å². The van der Waals surface area contributed by atoms with Crippen LogP contribution in [0.4, 0.5) is 0 Å². The topological polar surface area (TPSA) is 183 Å². The van der Waals surface area contributed by atoms with Crippen LogP contribution in [0.2, 0.25) is 0 Å². The summed E-state index contributed by atoms with van der Waals surface area (Å²) in [6, 6.07) is 0. The van der Waals surface area contributed by atoms with Gasteiger partial charge in [0.25, 0.3) is 0 Å². The van der Waals surface area contributed by atoms with Crippen molar-refractivity contribution in [1.29, 1.82) is 0 Å². The van der Waals surface area contributed by atoms with Crippen LogP contribution in [0.5, 0.6) is 0 Å². The van der Waals surface area contributed by atoms with E-state index in [0.717, 1.165) is 0 Å². The minimum absolute atomic E-state index is 0.137. The van der Waals surface area contributed by atoms with E-state index in [4.69, 9.17) is 30.8 Å². The van der Waals surface area contributed by atoms with E-state index in [1.54, 1.807) is 13.8 Å². The number of carbonyl (C=O) groups is 1. The zero-order valence-electron chi connectivity index (χ0n) is 12.4. The molecule has 12 nitrogen and oxygen atoms in total. The van der Waals surface area contributed by atoms with E-state index in [1.165, 1.54) is 0 Å². The van der Waals surface area contributed by atoms with Crippen LogP contribution in [0, 0.1) is 19.8 Å². The Morgan fingerprint density at radius 1 is 0.917 bits per heavy atom. The summed E-state index contributed by atoms with van der Waals surface area (Å²) in [7, 11) is 0. The Morgan fingerprint density at radius 2 is 1.25 bits per heavy atom. The summed E-state index contributed by atoms with van der Waals surface area (Å²) in [5, 5.41) is 24.0. The number of rotatable bonds is 5. The highest BCUT2D eigenvalue weighted by Crippen LogP contribution is 2.14. The Balaban J connectivity index is 0.000000772. The van der Waals surface area contributed by atoms with Gasteiger partial charge < -0.3 is 13.9 Å². The zero-order chi connectivity index (χ0) is 18.5. The van der Waals surface area contributed by atoms with Crippen LogP contribution in [0.25, 0.3) is 0 Å². The second-order valence-electron chi connectivity index (χ2n) is 4.01. The van der Waals surface area contributed by atoms with E-state index < -0.39 is 35.0 Å². The minimum atomic E-state index is -0.971. The van der Waals surface area contributed by atoms with E-state index in [1.807, 2.05) is 0 Å². The SMILES string of the molecule is Cc1nnc(CC(Cc2nnc(C)o2)C(=O)O)o1.O=S=O.O=S=O. The zero-order valence-corrected chi connectivity index (χ0v) is 14.0. The molecule has 14 heteroatoms. The summed E-state index contributed by atoms with van der Waals surface area (Å²) in [4.78, 5) is 11.1. The highest BCUT2D eigenvalue weighted by molar-refractivity contribution is 7.51. The maximum atomic E-state index is 11.1. The van der Waals surface area contributed by atoms with Crippen molar-refractivity contribution in [3.63, 3.8) is 0 Å². The van der Waals surface area contributed by atoms with Gasteiger partial charge >= 0.3 is 29.1 Å². The van der Waals surface area contributed by atoms with Gasteiger partial charge in [-0.2, -0.15) is 16.8 Å². The molecule has 0 aliphatic rings. The first-order valence-electron chi connectivity index (χ1n) is 6.02. The van der Waals surface area contributed by atoms with E-state index in [0.29, 0.717) is 11.8 Å². The third-order valence-corrected chi connectivity index (χ3v) is 2.33. The van der Waals surface area contributed by atoms with E-state index in [9.17, 15) is 4.79 Å². The van der Waals surface area contributed by atoms with Gasteiger partial charge in [0.05, 0.1) is 5.92 Å². The van der Waals surface area contributed by atoms with Crippen LogP contribution < -0.4 is 0 Å². The summed E-state index contributed by atoms with van der Waals surface area (Å²) in [5.41, 5.74) is 0. The maximum absolute atomic E-state index is 11.1. The maximum Gasteiger partial charge on any atom is 0.335 e. The van der Waals surface area contributed by atoms with Gasteiger partial charge in [-0.15, -0.1) is 20.4 Å². The summed E-state index contributed by atoms with van der Waals surface area (Å²) in [5.74, 6) is -0.316. The smallest absolute Gasteiger partial charge is 0.335 e. The second kappa shape index (κ2) is 11.9. The van der Waals surface area contributed by atoms with Crippen molar-refractivity contribution < 1.29 is 35.6 Å². The molecule has 2 aromatic rings. The lowest BCUT2D eigenvalue weighted by atomic mass is 10.0. The van der Waals surface area contributed by atoms with Crippen LogP contribution in [0.3, 0.4) is 0 Å². The molecule has 132 valence electrons. The normalized spacial score (nSPS) is 9.29. The van der Waals surface area contributed by atoms with Crippen molar-refractivity contribution in [2.75, 3.05) is 0 Å². The number of hydrogen-bond donors (Lipinski definition) is 1. The average Bonchev–Trinajstić information content (AvgIpc) is 3.08. The molecule has 0 unspecified atom stereocenters. The number of aliphatic carboxylic acids is 1. The third kappa shape index (κ3) is 8.74. The average molecular weight is 380 g/mol. The minimum Gasteiger partial charge on any atom is -0.481 e. The number of aromatic nitrogens is 4. The van der Waals surface area contributed by atoms with Crippen molar-refractivity contribution in [3.05, 3.63) is 23.6 Å². The van der Waals surface area contributed by atoms with Gasteiger partial charge in [0.2, 0.25) is 23.6 Å². The van der Waals surface area contributed by atoms with E-state index in [-0.39, 0.29) is 24.6 Å². The number of nitrogens with zero attached hydrogens (tertiary/aromatic N) is 4. The Hall–Kier alpha value is -2.61. The molecule has 0 aliphatic carbocycles. The molecule has 0 aromatic carbocycles. The first-order valence-corrected chi connectivity index (χ1v) is 7.35. The molecule has 0 saturated carbocycles. The molecule has 0 saturated heterocycles. The van der Waals surface area contributed by atoms with Crippen molar-refractivity contribution in [2.45, 2.75) is 26.7 Å². The Bertz CT molecular complexity index is 664. The fourth-order valence-electron chi connectivity index (χ4n) is 1.51. The van der Waals surface area contributed by atoms with Gasteiger partial charge in [-0.3, -0.25) is 4.79 Å². The van der Waals surface area contributed by atoms with Crippen molar-refractivity contribution in [3.8, 4) is 0 Å². The Kier molecular flexibility index (Phi) is 10.6. The number of aryl methyl sites for hydroxylation is 2. The molecule has 1 N–H and O–H groups in total. The summed E-state index contributed by atoms with van der Waals surface area (Å²) in [6.45, 7) is 3.29. The highest BCUT2D eigenvalue weighted by atomic mass is 32.1. The summed E-state index contributed by atoms with van der Waals surface area (Å²) >= 11 is -1.50. The number of carboxylic acids is 1. The van der Waals surface area contributed by atoms with Gasteiger partial charge in [-0.05, 0) is 0 Å². The molecule has 2 rings (SSSR count). The van der Waals surface area contributed by atoms with Crippen LogP contribution in [-0.2, 0) is 40.8 Å². The van der Waals surface area contributed by atoms with Gasteiger partial charge in [0.1, 0.15) is 0 Å². The molecule has 2 heterocycles. The molecular weight excluding hydrogens is 368 g/mol. The highest BCUT2D eigenvalue weighted by Gasteiger charge is 2.24. The van der Waals surface area contributed by atoms with Crippen LogP contribution in [-0.4, -0.2) is 48.3 Å². The fraction of sp³-hybridized carbons (Fsp3) is 0.500.